The quantitative estimate of drug-likeness (QED) is 0.888. The zero-order valence-corrected chi connectivity index (χ0v) is 15.5. The van der Waals surface area contributed by atoms with Crippen LogP contribution in [0.1, 0.15) is 32.1 Å². The summed E-state index contributed by atoms with van der Waals surface area (Å²) in [6, 6.07) is 5.79. The number of carbonyl (C=O) groups is 1. The minimum absolute atomic E-state index is 0.186. The number of piperidine rings is 2. The molecule has 2 aliphatic rings. The van der Waals surface area contributed by atoms with Crippen LogP contribution in [0.15, 0.2) is 36.8 Å². The molecule has 0 radical (unpaired) electrons. The number of nitrogens with zero attached hydrogens (tertiary/aromatic N) is 5. The van der Waals surface area contributed by atoms with E-state index in [0.717, 1.165) is 63.1 Å². The van der Waals surface area contributed by atoms with Gasteiger partial charge >= 0.3 is 0 Å². The molecule has 1 amide bonds. The Morgan fingerprint density at radius 1 is 1.04 bits per heavy atom. The van der Waals surface area contributed by atoms with Gasteiger partial charge in [-0.2, -0.15) is 0 Å². The molecule has 2 aromatic heterocycles. The molecule has 7 heteroatoms. The molecule has 2 saturated heterocycles. The maximum absolute atomic E-state index is 12.4. The molecule has 27 heavy (non-hydrogen) atoms. The van der Waals surface area contributed by atoms with Gasteiger partial charge in [0.15, 0.2) is 0 Å². The van der Waals surface area contributed by atoms with Gasteiger partial charge in [0, 0.05) is 37.2 Å². The number of carbonyl (C=O) groups excluding carboxylic acids is 1. The highest BCUT2D eigenvalue weighted by Crippen LogP contribution is 2.32. The number of anilines is 1. The molecular formula is C20H26N6O. The summed E-state index contributed by atoms with van der Waals surface area (Å²) in [5.41, 5.74) is 7.19. The Labute approximate surface area is 159 Å². The second kappa shape index (κ2) is 7.60. The summed E-state index contributed by atoms with van der Waals surface area (Å²) in [6.07, 6.45) is 10.3. The first-order chi connectivity index (χ1) is 13.2. The lowest BCUT2D eigenvalue weighted by atomic mass is 9.83. The van der Waals surface area contributed by atoms with Crippen molar-refractivity contribution in [3.8, 4) is 11.3 Å². The van der Waals surface area contributed by atoms with E-state index in [4.69, 9.17) is 10.7 Å². The van der Waals surface area contributed by atoms with Crippen LogP contribution in [-0.2, 0) is 4.79 Å². The summed E-state index contributed by atoms with van der Waals surface area (Å²) in [5.74, 6) is 0.516. The van der Waals surface area contributed by atoms with E-state index in [1.807, 2.05) is 18.2 Å². The van der Waals surface area contributed by atoms with Crippen molar-refractivity contribution in [3.05, 3.63) is 36.8 Å². The smallest absolute Gasteiger partial charge is 0.238 e. The van der Waals surface area contributed by atoms with Gasteiger partial charge in [-0.3, -0.25) is 14.7 Å². The van der Waals surface area contributed by atoms with Crippen LogP contribution in [0.3, 0.4) is 0 Å². The van der Waals surface area contributed by atoms with Gasteiger partial charge in [0.05, 0.1) is 5.69 Å². The maximum Gasteiger partial charge on any atom is 0.238 e. The topological polar surface area (TPSA) is 88.2 Å². The van der Waals surface area contributed by atoms with Crippen molar-refractivity contribution in [2.75, 3.05) is 31.1 Å². The molecule has 0 unspecified atom stereocenters. The molecule has 0 bridgehead atoms. The molecule has 2 aromatic rings. The van der Waals surface area contributed by atoms with E-state index in [9.17, 15) is 4.79 Å². The van der Waals surface area contributed by atoms with Crippen molar-refractivity contribution in [1.29, 1.82) is 0 Å². The third-order valence-corrected chi connectivity index (χ3v) is 5.89. The second-order valence-electron chi connectivity index (χ2n) is 7.41. The summed E-state index contributed by atoms with van der Waals surface area (Å²) in [7, 11) is 0. The first-order valence-corrected chi connectivity index (χ1v) is 9.72. The van der Waals surface area contributed by atoms with Crippen molar-refractivity contribution >= 4 is 11.9 Å². The number of hydrogen-bond donors (Lipinski definition) is 1. The number of rotatable bonds is 4. The van der Waals surface area contributed by atoms with E-state index in [-0.39, 0.29) is 5.91 Å². The Morgan fingerprint density at radius 3 is 2.48 bits per heavy atom. The molecular weight excluding hydrogens is 340 g/mol. The van der Waals surface area contributed by atoms with Crippen LogP contribution in [0.4, 0.5) is 5.95 Å². The molecule has 7 nitrogen and oxygen atoms in total. The molecule has 0 spiro atoms. The van der Waals surface area contributed by atoms with Crippen LogP contribution >= 0.6 is 0 Å². The van der Waals surface area contributed by atoms with Gasteiger partial charge < -0.3 is 10.6 Å². The SMILES string of the molecule is NC(=O)C1(N2CCCCC2)CCN(c2nccc(-c3cccnc3)n2)CC1. The number of hydrogen-bond acceptors (Lipinski definition) is 6. The molecule has 4 heterocycles. The van der Waals surface area contributed by atoms with Crippen molar-refractivity contribution in [2.45, 2.75) is 37.6 Å². The predicted molar refractivity (Wildman–Crippen MR) is 104 cm³/mol. The fourth-order valence-electron chi connectivity index (χ4n) is 4.29. The molecule has 2 N–H and O–H groups in total. The lowest BCUT2D eigenvalue weighted by Crippen LogP contribution is -2.63. The Bertz CT molecular complexity index is 782. The highest BCUT2D eigenvalue weighted by Gasteiger charge is 2.45. The number of pyridine rings is 1. The van der Waals surface area contributed by atoms with Crippen LogP contribution in [0.2, 0.25) is 0 Å². The molecule has 2 aliphatic heterocycles. The van der Waals surface area contributed by atoms with Gasteiger partial charge in [-0.25, -0.2) is 9.97 Å². The third-order valence-electron chi connectivity index (χ3n) is 5.89. The largest absolute Gasteiger partial charge is 0.368 e. The fourth-order valence-corrected chi connectivity index (χ4v) is 4.29. The Balaban J connectivity index is 1.51. The van der Waals surface area contributed by atoms with E-state index >= 15 is 0 Å². The van der Waals surface area contributed by atoms with Crippen LogP contribution in [-0.4, -0.2) is 57.5 Å². The zero-order chi connectivity index (χ0) is 18.7. The Morgan fingerprint density at radius 2 is 1.81 bits per heavy atom. The average molecular weight is 366 g/mol. The van der Waals surface area contributed by atoms with Crippen molar-refractivity contribution in [2.24, 2.45) is 5.73 Å². The Kier molecular flexibility index (Phi) is 5.03. The standard InChI is InChI=1S/C20H26N6O/c21-18(27)20(26-11-2-1-3-12-26)7-13-25(14-8-20)19-23-10-6-17(24-19)16-5-4-9-22-15-16/h4-6,9-10,15H,1-3,7-8,11-14H2,(H2,21,27). The van der Waals surface area contributed by atoms with Crippen LogP contribution in [0.5, 0.6) is 0 Å². The predicted octanol–water partition coefficient (Wildman–Crippen LogP) is 1.85. The van der Waals surface area contributed by atoms with Gasteiger partial charge in [0.1, 0.15) is 5.54 Å². The van der Waals surface area contributed by atoms with Crippen molar-refractivity contribution in [1.82, 2.24) is 19.9 Å². The van der Waals surface area contributed by atoms with Crippen LogP contribution < -0.4 is 10.6 Å². The number of likely N-dealkylation sites (tertiary alicyclic amines) is 1. The van der Waals surface area contributed by atoms with Crippen LogP contribution in [0.25, 0.3) is 11.3 Å². The van der Waals surface area contributed by atoms with E-state index in [1.54, 1.807) is 18.6 Å². The molecule has 4 rings (SSSR count). The first-order valence-electron chi connectivity index (χ1n) is 9.72. The Hall–Kier alpha value is -2.54. The number of amides is 1. The first kappa shape index (κ1) is 17.9. The monoisotopic (exact) mass is 366 g/mol. The lowest BCUT2D eigenvalue weighted by Gasteiger charge is -2.48. The summed E-state index contributed by atoms with van der Waals surface area (Å²) in [4.78, 5) is 30.2. The minimum atomic E-state index is -0.516. The van der Waals surface area contributed by atoms with Gasteiger partial charge in [-0.15, -0.1) is 0 Å². The van der Waals surface area contributed by atoms with E-state index in [2.05, 4.69) is 19.8 Å². The van der Waals surface area contributed by atoms with Gasteiger partial charge in [-0.1, -0.05) is 6.42 Å². The van der Waals surface area contributed by atoms with Gasteiger partial charge in [0.25, 0.3) is 0 Å². The molecule has 0 atom stereocenters. The highest BCUT2D eigenvalue weighted by atomic mass is 16.1. The molecule has 142 valence electrons. The summed E-state index contributed by atoms with van der Waals surface area (Å²) in [6.45, 7) is 3.40. The van der Waals surface area contributed by atoms with Gasteiger partial charge in [-0.05, 0) is 57.0 Å². The zero-order valence-electron chi connectivity index (χ0n) is 15.5. The van der Waals surface area contributed by atoms with Crippen LogP contribution in [0, 0.1) is 0 Å². The van der Waals surface area contributed by atoms with E-state index in [0.29, 0.717) is 5.95 Å². The second-order valence-corrected chi connectivity index (χ2v) is 7.41. The minimum Gasteiger partial charge on any atom is -0.368 e. The van der Waals surface area contributed by atoms with E-state index < -0.39 is 5.54 Å². The number of aromatic nitrogens is 3. The molecule has 0 aliphatic carbocycles. The summed E-state index contributed by atoms with van der Waals surface area (Å²) >= 11 is 0. The average Bonchev–Trinajstić information content (AvgIpc) is 2.75. The molecule has 0 saturated carbocycles. The third kappa shape index (κ3) is 3.51. The normalized spacial score (nSPS) is 20.4. The number of primary amides is 1. The summed E-state index contributed by atoms with van der Waals surface area (Å²) < 4.78 is 0. The maximum atomic E-state index is 12.4. The number of nitrogens with two attached hydrogens (primary N) is 1. The lowest BCUT2D eigenvalue weighted by molar-refractivity contribution is -0.132. The molecule has 0 aromatic carbocycles. The van der Waals surface area contributed by atoms with Crippen molar-refractivity contribution in [3.63, 3.8) is 0 Å². The molecule has 2 fully saturated rings. The fraction of sp³-hybridized carbons (Fsp3) is 0.500. The summed E-state index contributed by atoms with van der Waals surface area (Å²) in [5, 5.41) is 0. The van der Waals surface area contributed by atoms with Gasteiger partial charge in [0.2, 0.25) is 11.9 Å². The van der Waals surface area contributed by atoms with E-state index in [1.165, 1.54) is 6.42 Å². The van der Waals surface area contributed by atoms with Crippen molar-refractivity contribution < 1.29 is 4.79 Å². The highest BCUT2D eigenvalue weighted by molar-refractivity contribution is 5.85.